The first kappa shape index (κ1) is 17.0. The van der Waals surface area contributed by atoms with Gasteiger partial charge in [-0.05, 0) is 38.4 Å². The van der Waals surface area contributed by atoms with Crippen LogP contribution in [0.2, 0.25) is 0 Å². The van der Waals surface area contributed by atoms with Gasteiger partial charge in [0, 0.05) is 18.3 Å². The molecule has 4 atom stereocenters. The summed E-state index contributed by atoms with van der Waals surface area (Å²) in [6, 6.07) is -0.0350. The number of hydrogen-bond donors (Lipinski definition) is 2. The van der Waals surface area contributed by atoms with Crippen molar-refractivity contribution in [3.63, 3.8) is 0 Å². The lowest BCUT2D eigenvalue weighted by atomic mass is 9.91. The van der Waals surface area contributed by atoms with Gasteiger partial charge in [0.1, 0.15) is 0 Å². The van der Waals surface area contributed by atoms with Crippen molar-refractivity contribution < 1.29 is 9.59 Å². The number of aliphatic imine (C=N–C) groups is 1. The third kappa shape index (κ3) is 3.52. The van der Waals surface area contributed by atoms with Crippen molar-refractivity contribution in [2.45, 2.75) is 64.1 Å². The second-order valence-electron chi connectivity index (χ2n) is 6.05. The molecule has 0 aromatic carbocycles. The largest absolute Gasteiger partial charge is 0.326 e. The van der Waals surface area contributed by atoms with Crippen LogP contribution in [0.5, 0.6) is 0 Å². The van der Waals surface area contributed by atoms with E-state index in [1.165, 1.54) is 11.1 Å². The molecule has 1 heterocycles. The van der Waals surface area contributed by atoms with Gasteiger partial charge in [-0.15, -0.1) is 0 Å². The molecular weight excluding hydrogens is 300 g/mol. The highest BCUT2D eigenvalue weighted by Gasteiger charge is 2.39. The molecule has 0 unspecified atom stereocenters. The molecule has 1 aliphatic carbocycles. The van der Waals surface area contributed by atoms with Gasteiger partial charge in [-0.3, -0.25) is 19.5 Å². The van der Waals surface area contributed by atoms with Crippen LogP contribution in [0.1, 0.15) is 46.0 Å². The van der Waals surface area contributed by atoms with Crippen LogP contribution in [0.3, 0.4) is 0 Å². The Kier molecular flexibility index (Phi) is 5.63. The second-order valence-corrected chi connectivity index (χ2v) is 6.44. The van der Waals surface area contributed by atoms with Crippen molar-refractivity contribution in [2.75, 3.05) is 0 Å². The minimum Gasteiger partial charge on any atom is -0.326 e. The Morgan fingerprint density at radius 3 is 2.77 bits per heavy atom. The summed E-state index contributed by atoms with van der Waals surface area (Å²) in [6.07, 6.45) is 6.28. The Balaban J connectivity index is 2.12. The highest BCUT2D eigenvalue weighted by molar-refractivity contribution is 7.80. The van der Waals surface area contributed by atoms with Gasteiger partial charge in [-0.25, -0.2) is 0 Å². The van der Waals surface area contributed by atoms with Crippen molar-refractivity contribution in [3.05, 3.63) is 0 Å². The summed E-state index contributed by atoms with van der Waals surface area (Å²) in [5.74, 6) is -1.60. The van der Waals surface area contributed by atoms with Crippen LogP contribution < -0.4 is 11.1 Å². The van der Waals surface area contributed by atoms with E-state index in [1.807, 2.05) is 13.8 Å². The average Bonchev–Trinajstić information content (AvgIpc) is 2.48. The fourth-order valence-corrected chi connectivity index (χ4v) is 3.23. The van der Waals surface area contributed by atoms with Gasteiger partial charge < -0.3 is 11.1 Å². The summed E-state index contributed by atoms with van der Waals surface area (Å²) in [4.78, 5) is 30.5. The number of carbonyl (C=O) groups excluding carboxylic acids is 2. The summed E-state index contributed by atoms with van der Waals surface area (Å²) in [5, 5.41) is 2.78. The van der Waals surface area contributed by atoms with Gasteiger partial charge in [0.2, 0.25) is 11.8 Å². The minimum absolute atomic E-state index is 0.000256. The van der Waals surface area contributed by atoms with Crippen molar-refractivity contribution in [1.82, 2.24) is 10.2 Å². The molecule has 122 valence electrons. The van der Waals surface area contributed by atoms with Crippen LogP contribution in [-0.2, 0) is 9.59 Å². The number of carbonyl (C=O) groups is 2. The maximum atomic E-state index is 12.6. The van der Waals surface area contributed by atoms with E-state index >= 15 is 0 Å². The summed E-state index contributed by atoms with van der Waals surface area (Å²) in [5.41, 5.74) is 6.05. The Hall–Kier alpha value is -1.34. The molecule has 7 heteroatoms. The second kappa shape index (κ2) is 7.28. The van der Waals surface area contributed by atoms with E-state index < -0.39 is 11.8 Å². The van der Waals surface area contributed by atoms with Gasteiger partial charge in [-0.2, -0.15) is 0 Å². The first-order valence-corrected chi connectivity index (χ1v) is 8.33. The topological polar surface area (TPSA) is 87.8 Å². The molecule has 3 N–H and O–H groups in total. The van der Waals surface area contributed by atoms with E-state index in [9.17, 15) is 9.59 Å². The molecule has 0 aromatic heterocycles. The number of thiocarbonyl (C=S) groups is 1. The number of rotatable bonds is 4. The zero-order chi connectivity index (χ0) is 16.3. The molecular formula is C15H24N4O2S. The summed E-state index contributed by atoms with van der Waals surface area (Å²) >= 11 is 5.11. The van der Waals surface area contributed by atoms with Gasteiger partial charge in [0.25, 0.3) is 0 Å². The summed E-state index contributed by atoms with van der Waals surface area (Å²) < 4.78 is 0. The van der Waals surface area contributed by atoms with Crippen LogP contribution in [0, 0.1) is 5.92 Å². The fourth-order valence-electron chi connectivity index (χ4n) is 2.86. The number of nitrogens with two attached hydrogens (primary N) is 1. The molecule has 22 heavy (non-hydrogen) atoms. The molecule has 1 saturated carbocycles. The molecule has 2 fully saturated rings. The molecule has 2 aliphatic rings. The van der Waals surface area contributed by atoms with Gasteiger partial charge in [0.05, 0.1) is 6.04 Å². The number of amides is 2. The summed E-state index contributed by atoms with van der Waals surface area (Å²) in [7, 11) is 0. The Morgan fingerprint density at radius 1 is 1.45 bits per heavy atom. The molecule has 0 bridgehead atoms. The Labute approximate surface area is 136 Å². The number of hydrogen-bond acceptors (Lipinski definition) is 5. The van der Waals surface area contributed by atoms with Crippen LogP contribution >= 0.6 is 12.2 Å². The van der Waals surface area contributed by atoms with Gasteiger partial charge >= 0.3 is 0 Å². The fraction of sp³-hybridized carbons (Fsp3) is 0.733. The third-order valence-electron chi connectivity index (χ3n) is 4.47. The molecule has 6 nitrogen and oxygen atoms in total. The molecule has 0 aromatic rings. The highest BCUT2D eigenvalue weighted by atomic mass is 32.1. The van der Waals surface area contributed by atoms with E-state index in [-0.39, 0.29) is 29.1 Å². The van der Waals surface area contributed by atoms with E-state index in [0.717, 1.165) is 32.1 Å². The number of nitrogens with one attached hydrogen (secondary N) is 1. The third-order valence-corrected chi connectivity index (χ3v) is 4.77. The van der Waals surface area contributed by atoms with E-state index in [0.29, 0.717) is 0 Å². The lowest BCUT2D eigenvalue weighted by molar-refractivity contribution is -0.139. The highest BCUT2D eigenvalue weighted by Crippen LogP contribution is 2.20. The maximum absolute atomic E-state index is 12.6. The van der Waals surface area contributed by atoms with Crippen molar-refractivity contribution in [3.8, 4) is 0 Å². The molecule has 0 spiro atoms. The first-order chi connectivity index (χ1) is 10.5. The molecule has 2 amide bonds. The lowest BCUT2D eigenvalue weighted by Crippen LogP contribution is -2.60. The predicted octanol–water partition coefficient (Wildman–Crippen LogP) is 0.985. The predicted molar refractivity (Wildman–Crippen MR) is 89.6 cm³/mol. The average molecular weight is 324 g/mol. The monoisotopic (exact) mass is 324 g/mol. The zero-order valence-electron chi connectivity index (χ0n) is 13.1. The molecule has 1 aliphatic heterocycles. The van der Waals surface area contributed by atoms with Crippen molar-refractivity contribution >= 4 is 35.4 Å². The normalized spacial score (nSPS) is 31.5. The molecule has 0 radical (unpaired) electrons. The molecule has 2 rings (SSSR count). The number of nitrogens with zero attached hydrogens (tertiary/aromatic N) is 2. The van der Waals surface area contributed by atoms with E-state index in [4.69, 9.17) is 18.0 Å². The van der Waals surface area contributed by atoms with E-state index in [1.54, 1.807) is 0 Å². The smallest absolute Gasteiger partial charge is 0.247 e. The van der Waals surface area contributed by atoms with Crippen LogP contribution in [0.15, 0.2) is 4.99 Å². The quantitative estimate of drug-likeness (QED) is 0.458. The standard InChI is InChI=1S/C15H24N4O2S/c1-3-9(2)19-14(21)10(13(20)18-15(19)22)8-17-12-7-5-4-6-11(12)16/h8-12H,3-7,16H2,1-2H3,(H,18,20,22)/t9-,10+,11-,12+/m0/s1. The maximum Gasteiger partial charge on any atom is 0.247 e. The van der Waals surface area contributed by atoms with Crippen LogP contribution in [0.25, 0.3) is 0 Å². The minimum atomic E-state index is -0.908. The first-order valence-electron chi connectivity index (χ1n) is 7.92. The lowest BCUT2D eigenvalue weighted by Gasteiger charge is -2.35. The van der Waals surface area contributed by atoms with Crippen LogP contribution in [-0.4, -0.2) is 46.2 Å². The Bertz CT molecular complexity index is 494. The van der Waals surface area contributed by atoms with Crippen molar-refractivity contribution in [2.24, 2.45) is 16.6 Å². The van der Waals surface area contributed by atoms with Crippen molar-refractivity contribution in [1.29, 1.82) is 0 Å². The zero-order valence-corrected chi connectivity index (χ0v) is 13.9. The Morgan fingerprint density at radius 2 is 2.14 bits per heavy atom. The van der Waals surface area contributed by atoms with Gasteiger partial charge in [-0.1, -0.05) is 19.8 Å². The summed E-state index contributed by atoms with van der Waals surface area (Å²) in [6.45, 7) is 3.88. The van der Waals surface area contributed by atoms with Gasteiger partial charge in [0.15, 0.2) is 11.0 Å². The van der Waals surface area contributed by atoms with E-state index in [2.05, 4.69) is 10.3 Å². The molecule has 1 saturated heterocycles. The van der Waals surface area contributed by atoms with Crippen LogP contribution in [0.4, 0.5) is 0 Å². The SMILES string of the molecule is CC[C@H](C)N1C(=O)[C@H](C=N[C@@H]2CCCC[C@@H]2N)C(=O)NC1=S.